The lowest BCUT2D eigenvalue weighted by Crippen LogP contribution is -2.56. The summed E-state index contributed by atoms with van der Waals surface area (Å²) in [6.45, 7) is 3.92. The predicted molar refractivity (Wildman–Crippen MR) is 212 cm³/mol. The van der Waals surface area contributed by atoms with Crippen molar-refractivity contribution < 1.29 is 38.6 Å². The molecule has 5 aliphatic rings. The van der Waals surface area contributed by atoms with E-state index in [1.54, 1.807) is 24.5 Å². The van der Waals surface area contributed by atoms with Crippen molar-refractivity contribution in [3.05, 3.63) is 95.9 Å². The van der Waals surface area contributed by atoms with Crippen LogP contribution < -0.4 is 5.32 Å². The molecule has 10 atom stereocenters. The van der Waals surface area contributed by atoms with Gasteiger partial charge in [0.2, 0.25) is 5.91 Å². The number of allylic oxidation sites excluding steroid dienone is 4. The Hall–Kier alpha value is -5.00. The number of anilines is 1. The van der Waals surface area contributed by atoms with Crippen molar-refractivity contribution in [1.82, 2.24) is 9.88 Å². The topological polar surface area (TPSA) is 152 Å². The number of benzene rings is 2. The van der Waals surface area contributed by atoms with E-state index in [2.05, 4.69) is 24.1 Å². The largest absolute Gasteiger partial charge is 0.461 e. The summed E-state index contributed by atoms with van der Waals surface area (Å²) in [7, 11) is 3.67. The number of fused-ring (bicyclic) bond motifs is 6. The Kier molecular flexibility index (Phi) is 10.3. The molecule has 11 heteroatoms. The maximum Gasteiger partial charge on any atom is 0.310 e. The molecular formula is C46H51N3O8. The number of hydrogen-bond donors (Lipinski definition) is 2. The summed E-state index contributed by atoms with van der Waals surface area (Å²) < 4.78 is 11.1. The minimum absolute atomic E-state index is 0.00329. The summed E-state index contributed by atoms with van der Waals surface area (Å²) in [5.41, 5.74) is 2.53. The van der Waals surface area contributed by atoms with Crippen molar-refractivity contribution in [1.29, 1.82) is 0 Å². The van der Waals surface area contributed by atoms with Gasteiger partial charge in [0.25, 0.3) is 0 Å². The summed E-state index contributed by atoms with van der Waals surface area (Å²) in [6.07, 6.45) is 12.3. The Bertz CT molecular complexity index is 2180. The number of amides is 1. The molecule has 0 bridgehead atoms. The van der Waals surface area contributed by atoms with Gasteiger partial charge < -0.3 is 19.9 Å². The van der Waals surface area contributed by atoms with Gasteiger partial charge in [-0.05, 0) is 117 Å². The van der Waals surface area contributed by atoms with Gasteiger partial charge in [-0.25, -0.2) is 0 Å². The molecule has 1 heterocycles. The van der Waals surface area contributed by atoms with Crippen molar-refractivity contribution in [3.63, 3.8) is 0 Å². The molecular weight excluding hydrogens is 723 g/mol. The Labute approximate surface area is 332 Å². The summed E-state index contributed by atoms with van der Waals surface area (Å²) in [5.74, 6) is -2.47. The second kappa shape index (κ2) is 15.1. The lowest BCUT2D eigenvalue weighted by molar-refractivity contribution is -0.156. The number of aromatic nitrogens is 1. The zero-order valence-corrected chi connectivity index (χ0v) is 33.0. The van der Waals surface area contributed by atoms with Gasteiger partial charge in [0.15, 0.2) is 11.6 Å². The van der Waals surface area contributed by atoms with Crippen LogP contribution in [-0.2, 0) is 40.1 Å². The van der Waals surface area contributed by atoms with Crippen LogP contribution >= 0.6 is 0 Å². The van der Waals surface area contributed by atoms with Gasteiger partial charge in [0, 0.05) is 40.7 Å². The Morgan fingerprint density at radius 1 is 0.965 bits per heavy atom. The number of likely N-dealkylation sites (N-methyl/N-ethyl adjacent to an activating group) is 1. The van der Waals surface area contributed by atoms with E-state index in [0.717, 1.165) is 46.7 Å². The van der Waals surface area contributed by atoms with Crippen molar-refractivity contribution in [2.45, 2.75) is 71.1 Å². The average Bonchev–Trinajstić information content (AvgIpc) is 3.91. The van der Waals surface area contributed by atoms with Crippen LogP contribution in [0.15, 0.2) is 84.7 Å². The fraction of sp³-hybridized carbons (Fsp3) is 0.478. The first-order chi connectivity index (χ1) is 27.3. The highest BCUT2D eigenvalue weighted by atomic mass is 16.5. The molecule has 5 aliphatic carbocycles. The molecule has 2 N–H and O–H groups in total. The third-order valence-electron chi connectivity index (χ3n) is 14.0. The van der Waals surface area contributed by atoms with E-state index >= 15 is 0 Å². The first-order valence-corrected chi connectivity index (χ1v) is 20.1. The lowest BCUT2D eigenvalue weighted by Gasteiger charge is -2.58. The Morgan fingerprint density at radius 3 is 2.47 bits per heavy atom. The number of pyridine rings is 1. The minimum atomic E-state index is -0.642. The number of rotatable bonds is 11. The number of carbonyl (C=O) groups excluding carboxylic acids is 5. The number of aliphatic hydroxyl groups is 1. The maximum atomic E-state index is 13.7. The van der Waals surface area contributed by atoms with E-state index in [4.69, 9.17) is 9.47 Å². The van der Waals surface area contributed by atoms with Crippen molar-refractivity contribution in [2.75, 3.05) is 26.0 Å². The standard InChI is InChI=1S/C46H51N3O8/c1-45-17-15-32(50)20-30(45)10-12-33-36-13-14-37(46(36,2)22-38(51)40(33)45)39(52)25-57-44(55)35-21-34(35)43(54)56-24-26-5-7-27(8-6-26)41(49(3)4)42(53)48-31-11-9-29-23-47-18-16-28(29)19-31/h5-9,11,15-20,23,33-38,40-41,51H,10,12-14,21-22,24-25H2,1-4H3,(H,48,53)/t33-,34?,35?,36?,37+,38-,40?,41?,45-,46-/m0/s1. The quantitative estimate of drug-likeness (QED) is 0.217. The van der Waals surface area contributed by atoms with E-state index in [-0.39, 0.29) is 59.8 Å². The monoisotopic (exact) mass is 773 g/mol. The number of ketones is 2. The zero-order valence-electron chi connectivity index (χ0n) is 33.0. The Morgan fingerprint density at radius 2 is 1.72 bits per heavy atom. The molecule has 5 unspecified atom stereocenters. The predicted octanol–water partition coefficient (Wildman–Crippen LogP) is 6.16. The van der Waals surface area contributed by atoms with Crippen LogP contribution in [0, 0.1) is 46.3 Å². The second-order valence-electron chi connectivity index (χ2n) is 17.6. The molecule has 4 saturated carbocycles. The number of hydrogen-bond acceptors (Lipinski definition) is 10. The van der Waals surface area contributed by atoms with Crippen molar-refractivity contribution >= 4 is 45.9 Å². The molecule has 2 aromatic carbocycles. The van der Waals surface area contributed by atoms with Gasteiger partial charge >= 0.3 is 11.9 Å². The molecule has 0 aliphatic heterocycles. The summed E-state index contributed by atoms with van der Waals surface area (Å²) in [4.78, 5) is 71.0. The number of Topliss-reactive ketones (excluding diaryl/α,β-unsaturated/α-hetero) is 1. The minimum Gasteiger partial charge on any atom is -0.461 e. The molecule has 3 aromatic rings. The van der Waals surface area contributed by atoms with Crippen LogP contribution in [0.25, 0.3) is 10.8 Å². The van der Waals surface area contributed by atoms with Crippen LogP contribution in [0.4, 0.5) is 5.69 Å². The van der Waals surface area contributed by atoms with Gasteiger partial charge in [-0.15, -0.1) is 0 Å². The van der Waals surface area contributed by atoms with E-state index in [9.17, 15) is 29.1 Å². The summed E-state index contributed by atoms with van der Waals surface area (Å²) >= 11 is 0. The van der Waals surface area contributed by atoms with Crippen LogP contribution in [0.3, 0.4) is 0 Å². The zero-order chi connectivity index (χ0) is 40.2. The summed E-state index contributed by atoms with van der Waals surface area (Å²) in [5, 5.41) is 16.6. The first kappa shape index (κ1) is 38.9. The average molecular weight is 774 g/mol. The first-order valence-electron chi connectivity index (χ1n) is 20.1. The van der Waals surface area contributed by atoms with Gasteiger partial charge in [-0.2, -0.15) is 0 Å². The highest BCUT2D eigenvalue weighted by molar-refractivity contribution is 6.01. The molecule has 1 aromatic heterocycles. The van der Waals surface area contributed by atoms with E-state index in [0.29, 0.717) is 24.9 Å². The molecule has 57 heavy (non-hydrogen) atoms. The number of nitrogens with zero attached hydrogens (tertiary/aromatic N) is 2. The fourth-order valence-corrected chi connectivity index (χ4v) is 11.0. The van der Waals surface area contributed by atoms with Gasteiger partial charge in [-0.3, -0.25) is 33.9 Å². The van der Waals surface area contributed by atoms with Gasteiger partial charge in [0.05, 0.1) is 17.9 Å². The third-order valence-corrected chi connectivity index (χ3v) is 14.0. The molecule has 11 nitrogen and oxygen atoms in total. The number of carbonyl (C=O) groups is 5. The van der Waals surface area contributed by atoms with Crippen LogP contribution in [0.2, 0.25) is 0 Å². The highest BCUT2D eigenvalue weighted by Gasteiger charge is 2.62. The smallest absolute Gasteiger partial charge is 0.310 e. The summed E-state index contributed by atoms with van der Waals surface area (Å²) in [6, 6.07) is 14.3. The third kappa shape index (κ3) is 7.25. The second-order valence-corrected chi connectivity index (χ2v) is 17.6. The molecule has 8 rings (SSSR count). The fourth-order valence-electron chi connectivity index (χ4n) is 11.0. The molecule has 298 valence electrons. The highest BCUT2D eigenvalue weighted by Crippen LogP contribution is 2.66. The number of nitrogens with one attached hydrogen (secondary N) is 1. The molecule has 0 radical (unpaired) electrons. The number of esters is 2. The van der Waals surface area contributed by atoms with E-state index in [1.165, 1.54) is 0 Å². The molecule has 0 spiro atoms. The molecule has 0 saturated heterocycles. The number of aliphatic hydroxyl groups excluding tert-OH is 1. The van der Waals surface area contributed by atoms with Crippen LogP contribution in [-0.4, -0.2) is 71.2 Å². The van der Waals surface area contributed by atoms with Gasteiger partial charge in [-0.1, -0.05) is 55.8 Å². The molecule has 4 fully saturated rings. The van der Waals surface area contributed by atoms with Crippen molar-refractivity contribution in [2.24, 2.45) is 46.3 Å². The van der Waals surface area contributed by atoms with Crippen LogP contribution in [0.5, 0.6) is 0 Å². The van der Waals surface area contributed by atoms with Gasteiger partial charge in [0.1, 0.15) is 19.3 Å². The normalized spacial score (nSPS) is 31.7. The lowest BCUT2D eigenvalue weighted by atomic mass is 9.46. The van der Waals surface area contributed by atoms with Crippen LogP contribution in [0.1, 0.15) is 69.5 Å². The molecule has 1 amide bonds. The van der Waals surface area contributed by atoms with Crippen molar-refractivity contribution in [3.8, 4) is 0 Å². The Balaban J connectivity index is 0.808. The maximum absolute atomic E-state index is 13.7. The number of ether oxygens (including phenoxy) is 2. The SMILES string of the molecule is CN(C)C(C(=O)Nc1ccc2cnccc2c1)c1ccc(COC(=O)C2CC2C(=O)OCC(=O)[C@H]2CCC3[C@@H]4CCC5=CC(=O)C=C[C@]5(C)C4[C@@H](O)C[C@@]32C)cc1. The van der Waals surface area contributed by atoms with E-state index in [1.807, 2.05) is 73.6 Å². The van der Waals surface area contributed by atoms with E-state index < -0.39 is 41.3 Å².